The molecule has 1 N–H and O–H groups in total. The molecule has 1 aliphatic rings. The van der Waals surface area contributed by atoms with Gasteiger partial charge < -0.3 is 14.7 Å². The highest BCUT2D eigenvalue weighted by Crippen LogP contribution is 2.34. The highest BCUT2D eigenvalue weighted by molar-refractivity contribution is 5.93. The largest absolute Gasteiger partial charge is 0.480 e. The van der Waals surface area contributed by atoms with Gasteiger partial charge in [0.15, 0.2) is 0 Å². The predicted molar refractivity (Wildman–Crippen MR) is 100 cm³/mol. The van der Waals surface area contributed by atoms with Crippen LogP contribution in [-0.2, 0) is 19.9 Å². The van der Waals surface area contributed by atoms with E-state index in [-0.39, 0.29) is 12.1 Å². The van der Waals surface area contributed by atoms with Crippen LogP contribution in [0.25, 0.3) is 0 Å². The van der Waals surface area contributed by atoms with Gasteiger partial charge in [0.1, 0.15) is 23.0 Å². The van der Waals surface area contributed by atoms with Crippen LogP contribution < -0.4 is 0 Å². The van der Waals surface area contributed by atoms with E-state index in [0.717, 1.165) is 17.0 Å². The topological polar surface area (TPSA) is 87.2 Å². The number of carboxylic acid groups (broad SMARTS) is 1. The molecule has 154 valence electrons. The molecular weight excluding hydrogens is 367 g/mol. The molecular formula is C20H27FN2O5. The van der Waals surface area contributed by atoms with Gasteiger partial charge in [0, 0.05) is 14.9 Å². The zero-order chi connectivity index (χ0) is 22.0. The highest BCUT2D eigenvalue weighted by Gasteiger charge is 2.49. The van der Waals surface area contributed by atoms with Crippen molar-refractivity contribution < 1.29 is 30.0 Å². The molecule has 0 aromatic heterocycles. The Labute approximate surface area is 165 Å². The first-order chi connectivity index (χ1) is 13.4. The van der Waals surface area contributed by atoms with E-state index in [0.29, 0.717) is 12.8 Å². The quantitative estimate of drug-likeness (QED) is 0.847. The van der Waals surface area contributed by atoms with Crippen molar-refractivity contribution in [3.63, 3.8) is 0 Å². The summed E-state index contributed by atoms with van der Waals surface area (Å²) in [4.78, 5) is 40.2. The number of halogens is 1. The van der Waals surface area contributed by atoms with Crippen LogP contribution in [0.15, 0.2) is 24.3 Å². The summed E-state index contributed by atoms with van der Waals surface area (Å²) >= 11 is 0. The SMILES string of the molecule is [2H]CN(C(=O)OC(C)(C)C)[C@@](C)(C(=O)N1CCC[C@H]1C(=O)O)c1ccc(F)cc1. The molecule has 1 aromatic carbocycles. The van der Waals surface area contributed by atoms with E-state index < -0.39 is 48.0 Å². The Hall–Kier alpha value is -2.64. The fourth-order valence-electron chi connectivity index (χ4n) is 3.21. The van der Waals surface area contributed by atoms with Gasteiger partial charge in [0.25, 0.3) is 5.91 Å². The summed E-state index contributed by atoms with van der Waals surface area (Å²) < 4.78 is 26.8. The van der Waals surface area contributed by atoms with Gasteiger partial charge in [-0.05, 0) is 58.2 Å². The Morgan fingerprint density at radius 3 is 2.36 bits per heavy atom. The number of carbonyl (C=O) groups is 3. The maximum absolute atomic E-state index is 13.6. The summed E-state index contributed by atoms with van der Waals surface area (Å²) in [7, 11) is -0.611. The first-order valence-corrected chi connectivity index (χ1v) is 9.01. The molecule has 2 amide bonds. The number of hydrogen-bond donors (Lipinski definition) is 1. The van der Waals surface area contributed by atoms with Gasteiger partial charge in [-0.1, -0.05) is 12.1 Å². The van der Waals surface area contributed by atoms with Crippen molar-refractivity contribution in [2.24, 2.45) is 0 Å². The zero-order valence-electron chi connectivity index (χ0n) is 17.6. The second-order valence-corrected chi connectivity index (χ2v) is 7.98. The third-order valence-electron chi connectivity index (χ3n) is 4.78. The maximum atomic E-state index is 13.6. The molecule has 0 saturated carbocycles. The number of carbonyl (C=O) groups excluding carboxylic acids is 2. The predicted octanol–water partition coefficient (Wildman–Crippen LogP) is 2.98. The maximum Gasteiger partial charge on any atom is 0.411 e. The van der Waals surface area contributed by atoms with Gasteiger partial charge in [0.2, 0.25) is 0 Å². The van der Waals surface area contributed by atoms with Gasteiger partial charge in [-0.25, -0.2) is 14.0 Å². The molecule has 1 fully saturated rings. The Kier molecular flexibility index (Phi) is 5.58. The second kappa shape index (κ2) is 7.77. The average molecular weight is 395 g/mol. The fraction of sp³-hybridized carbons (Fsp3) is 0.550. The van der Waals surface area contributed by atoms with Crippen LogP contribution in [0.3, 0.4) is 0 Å². The number of rotatable bonds is 4. The van der Waals surface area contributed by atoms with Crippen molar-refractivity contribution in [3.8, 4) is 0 Å². The third kappa shape index (κ3) is 4.26. The van der Waals surface area contributed by atoms with E-state index in [1.165, 1.54) is 24.0 Å². The summed E-state index contributed by atoms with van der Waals surface area (Å²) in [6.07, 6.45) is -0.0811. The summed E-state index contributed by atoms with van der Waals surface area (Å²) in [5.41, 5.74) is -2.34. The summed E-state index contributed by atoms with van der Waals surface area (Å²) in [6, 6.07) is 3.99. The molecule has 2 atom stereocenters. The molecule has 0 bridgehead atoms. The first-order valence-electron chi connectivity index (χ1n) is 9.72. The van der Waals surface area contributed by atoms with E-state index in [1.807, 2.05) is 0 Å². The number of likely N-dealkylation sites (tertiary alicyclic amines) is 1. The zero-order valence-corrected chi connectivity index (χ0v) is 16.6. The molecule has 0 radical (unpaired) electrons. The van der Waals surface area contributed by atoms with Crippen LogP contribution >= 0.6 is 0 Å². The molecule has 0 spiro atoms. The molecule has 1 saturated heterocycles. The van der Waals surface area contributed by atoms with Gasteiger partial charge in [0.05, 0.1) is 0 Å². The Morgan fingerprint density at radius 2 is 1.86 bits per heavy atom. The van der Waals surface area contributed by atoms with Crippen molar-refractivity contribution in [2.75, 3.05) is 13.6 Å². The van der Waals surface area contributed by atoms with E-state index in [2.05, 4.69) is 0 Å². The van der Waals surface area contributed by atoms with E-state index in [1.54, 1.807) is 20.8 Å². The lowest BCUT2D eigenvalue weighted by molar-refractivity contribution is -0.153. The van der Waals surface area contributed by atoms with Crippen molar-refractivity contribution in [1.82, 2.24) is 9.80 Å². The lowest BCUT2D eigenvalue weighted by atomic mass is 9.88. The lowest BCUT2D eigenvalue weighted by Gasteiger charge is -2.41. The van der Waals surface area contributed by atoms with Crippen LogP contribution in [0, 0.1) is 5.82 Å². The molecule has 28 heavy (non-hydrogen) atoms. The average Bonchev–Trinajstić information content (AvgIpc) is 3.10. The van der Waals surface area contributed by atoms with Crippen LogP contribution in [0.5, 0.6) is 0 Å². The minimum Gasteiger partial charge on any atom is -0.480 e. The first kappa shape index (κ1) is 20.1. The highest BCUT2D eigenvalue weighted by atomic mass is 19.1. The van der Waals surface area contributed by atoms with Crippen molar-refractivity contribution in [1.29, 1.82) is 0 Å². The van der Waals surface area contributed by atoms with Gasteiger partial charge in [-0.3, -0.25) is 9.69 Å². The second-order valence-electron chi connectivity index (χ2n) is 7.98. The normalized spacial score (nSPS) is 19.5. The van der Waals surface area contributed by atoms with Gasteiger partial charge in [-0.2, -0.15) is 0 Å². The molecule has 1 aromatic rings. The number of likely N-dealkylation sites (N-methyl/N-ethyl adjacent to an activating group) is 1. The number of hydrogen-bond acceptors (Lipinski definition) is 4. The third-order valence-corrected chi connectivity index (χ3v) is 4.78. The molecule has 7 nitrogen and oxygen atoms in total. The van der Waals surface area contributed by atoms with Crippen LogP contribution in [0.2, 0.25) is 0 Å². The number of benzene rings is 1. The molecule has 2 rings (SSSR count). The standard InChI is InChI=1S/C20H27FN2O5/c1-19(2,3)28-18(27)22(5)20(4,13-8-10-14(21)11-9-13)17(26)23-12-6-7-15(23)16(24)25/h8-11,15H,6-7,12H2,1-5H3,(H,24,25)/t15-,20+/m0/s1/i5D. The summed E-state index contributed by atoms with van der Waals surface area (Å²) in [5, 5.41) is 9.48. The van der Waals surface area contributed by atoms with Gasteiger partial charge in [-0.15, -0.1) is 0 Å². The molecule has 0 unspecified atom stereocenters. The number of ether oxygens (including phenoxy) is 1. The van der Waals surface area contributed by atoms with Crippen LogP contribution in [0.4, 0.5) is 9.18 Å². The van der Waals surface area contributed by atoms with E-state index in [4.69, 9.17) is 6.11 Å². The van der Waals surface area contributed by atoms with E-state index >= 15 is 0 Å². The number of carboxylic acids is 1. The van der Waals surface area contributed by atoms with Gasteiger partial charge >= 0.3 is 12.1 Å². The number of nitrogens with zero attached hydrogens (tertiary/aromatic N) is 2. The van der Waals surface area contributed by atoms with Crippen molar-refractivity contribution >= 4 is 18.0 Å². The minimum absolute atomic E-state index is 0.215. The van der Waals surface area contributed by atoms with E-state index in [9.17, 15) is 23.9 Å². The lowest BCUT2D eigenvalue weighted by Crippen LogP contribution is -2.58. The summed E-state index contributed by atoms with van der Waals surface area (Å²) in [6.45, 7) is 6.62. The molecule has 1 aliphatic heterocycles. The Balaban J connectivity index is 2.56. The Morgan fingerprint density at radius 1 is 1.25 bits per heavy atom. The number of aliphatic carboxylic acids is 1. The van der Waals surface area contributed by atoms with Crippen molar-refractivity contribution in [3.05, 3.63) is 35.6 Å². The van der Waals surface area contributed by atoms with Crippen molar-refractivity contribution in [2.45, 2.75) is 57.7 Å². The smallest absolute Gasteiger partial charge is 0.411 e. The fourth-order valence-corrected chi connectivity index (χ4v) is 3.21. The molecule has 8 heteroatoms. The molecule has 1 heterocycles. The molecule has 0 aliphatic carbocycles. The number of amides is 2. The minimum atomic E-state index is -1.74. The van der Waals surface area contributed by atoms with Crippen LogP contribution in [-0.4, -0.2) is 58.1 Å². The monoisotopic (exact) mass is 395 g/mol. The Bertz CT molecular complexity index is 780. The summed E-state index contributed by atoms with van der Waals surface area (Å²) in [5.74, 6) is -2.30. The van der Waals surface area contributed by atoms with Crippen LogP contribution in [0.1, 0.15) is 47.5 Å².